The Morgan fingerprint density at radius 2 is 1.59 bits per heavy atom. The molecule has 1 aliphatic heterocycles. The summed E-state index contributed by atoms with van der Waals surface area (Å²) in [5.74, 6) is 0.225. The topological polar surface area (TPSA) is 80.8 Å². The van der Waals surface area contributed by atoms with Gasteiger partial charge in [0, 0.05) is 0 Å². The molecule has 0 aliphatic carbocycles. The highest BCUT2D eigenvalue weighted by Crippen LogP contribution is 2.37. The lowest BCUT2D eigenvalue weighted by molar-refractivity contribution is 0.114. The summed E-state index contributed by atoms with van der Waals surface area (Å²) >= 11 is 0. The van der Waals surface area contributed by atoms with Gasteiger partial charge in [-0.15, -0.1) is 4.48 Å². The molecule has 0 fully saturated rings. The van der Waals surface area contributed by atoms with Crippen molar-refractivity contribution in [3.8, 4) is 5.75 Å². The molecule has 0 bridgehead atoms. The first-order valence-corrected chi connectivity index (χ1v) is 13.9. The van der Waals surface area contributed by atoms with Crippen molar-refractivity contribution in [1.29, 1.82) is 0 Å². The number of fused-ring (bicyclic) bond motifs is 2. The van der Waals surface area contributed by atoms with Crippen LogP contribution in [-0.4, -0.2) is 34.5 Å². The number of aryl methyl sites for hydroxylation is 2. The van der Waals surface area contributed by atoms with E-state index in [0.717, 1.165) is 6.07 Å². The molecule has 0 unspecified atom stereocenters. The molecule has 0 saturated heterocycles. The molecular formula is C25H26FNO5S2. The minimum absolute atomic E-state index is 0.0886. The Balaban J connectivity index is 1.72. The number of nitrogens with zero attached hydrogens (tertiary/aromatic N) is 1. The van der Waals surface area contributed by atoms with E-state index in [0.29, 0.717) is 35.3 Å². The van der Waals surface area contributed by atoms with Crippen molar-refractivity contribution in [2.45, 2.75) is 47.3 Å². The highest BCUT2D eigenvalue weighted by molar-refractivity contribution is 7.91. The van der Waals surface area contributed by atoms with Crippen LogP contribution in [0, 0.1) is 0 Å². The van der Waals surface area contributed by atoms with Crippen LogP contribution in [0.5, 0.6) is 5.75 Å². The fraction of sp³-hybridized carbons (Fsp3) is 0.280. The molecule has 1 heterocycles. The molecule has 0 spiro atoms. The van der Waals surface area contributed by atoms with Crippen LogP contribution in [0.25, 0.3) is 0 Å². The molecule has 0 amide bonds. The summed E-state index contributed by atoms with van der Waals surface area (Å²) in [6.07, 6.45) is 0.952. The Morgan fingerprint density at radius 1 is 0.941 bits per heavy atom. The lowest BCUT2D eigenvalue weighted by Gasteiger charge is -2.20. The first kappa shape index (κ1) is 24.4. The van der Waals surface area contributed by atoms with Crippen molar-refractivity contribution >= 4 is 19.9 Å². The monoisotopic (exact) mass is 503 g/mol. The quantitative estimate of drug-likeness (QED) is 0.437. The highest BCUT2D eigenvalue weighted by atomic mass is 32.2. The van der Waals surface area contributed by atoms with Crippen LogP contribution in [0.1, 0.15) is 36.5 Å². The molecule has 9 heteroatoms. The van der Waals surface area contributed by atoms with Gasteiger partial charge in [-0.2, -0.15) is 0 Å². The van der Waals surface area contributed by atoms with E-state index < -0.39 is 26.4 Å². The molecule has 6 nitrogen and oxygen atoms in total. The third kappa shape index (κ3) is 4.60. The molecule has 0 saturated carbocycles. The van der Waals surface area contributed by atoms with Gasteiger partial charge in [-0.25, -0.2) is 16.8 Å². The normalized spacial score (nSPS) is 15.0. The van der Waals surface area contributed by atoms with Crippen LogP contribution in [0.4, 0.5) is 4.48 Å². The first-order valence-electron chi connectivity index (χ1n) is 11.0. The average Bonchev–Trinajstić information content (AvgIpc) is 2.93. The Hall–Kier alpha value is -2.75. The minimum Gasteiger partial charge on any atom is -0.492 e. The van der Waals surface area contributed by atoms with Gasteiger partial charge in [0.1, 0.15) is 12.4 Å². The highest BCUT2D eigenvalue weighted by Gasteiger charge is 2.34. The molecule has 3 aromatic rings. The Bertz CT molecular complexity index is 1400. The summed E-state index contributed by atoms with van der Waals surface area (Å²) in [5, 5.41) is 0. The van der Waals surface area contributed by atoms with Crippen LogP contribution in [-0.2, 0) is 32.7 Å². The largest absolute Gasteiger partial charge is 0.492 e. The van der Waals surface area contributed by atoms with Gasteiger partial charge in [0.25, 0.3) is 10.0 Å². The molecule has 0 N–H and O–H groups in total. The summed E-state index contributed by atoms with van der Waals surface area (Å²) < 4.78 is 73.5. The second kappa shape index (κ2) is 9.48. The van der Waals surface area contributed by atoms with Gasteiger partial charge in [-0.1, -0.05) is 56.3 Å². The molecule has 0 aromatic heterocycles. The van der Waals surface area contributed by atoms with Gasteiger partial charge in [0.15, 0.2) is 0 Å². The van der Waals surface area contributed by atoms with E-state index in [1.807, 2.05) is 0 Å². The Morgan fingerprint density at radius 3 is 2.29 bits per heavy atom. The maximum absolute atomic E-state index is 15.0. The number of hydrogen-bond donors (Lipinski definition) is 0. The summed E-state index contributed by atoms with van der Waals surface area (Å²) in [4.78, 5) is -0.275. The zero-order valence-electron chi connectivity index (χ0n) is 18.9. The van der Waals surface area contributed by atoms with Crippen molar-refractivity contribution < 1.29 is 26.1 Å². The number of benzene rings is 3. The molecule has 0 atom stereocenters. The van der Waals surface area contributed by atoms with Crippen LogP contribution in [0.15, 0.2) is 81.4 Å². The second-order valence-electron chi connectivity index (χ2n) is 8.44. The Labute approximate surface area is 199 Å². The standard InChI is InChI=1S/C25H26FNO5S2/c1-18(2)22-16-20-13-12-19-8-6-7-11-23(19)33(28,29)24(20)17-25(22)34(30,31)27(26)14-15-32-21-9-4-3-5-10-21/h3-11,16-18H,12-15H2,1-2H3. The van der Waals surface area contributed by atoms with Gasteiger partial charge in [0.2, 0.25) is 9.84 Å². The van der Waals surface area contributed by atoms with Gasteiger partial charge in [0.05, 0.1) is 21.2 Å². The number of halogens is 1. The zero-order valence-corrected chi connectivity index (χ0v) is 20.6. The van der Waals surface area contributed by atoms with Crippen molar-refractivity contribution in [2.24, 2.45) is 0 Å². The number of rotatable bonds is 7. The van der Waals surface area contributed by atoms with E-state index in [4.69, 9.17) is 4.74 Å². The van der Waals surface area contributed by atoms with Crippen LogP contribution >= 0.6 is 0 Å². The van der Waals surface area contributed by atoms with Gasteiger partial charge >= 0.3 is 0 Å². The van der Waals surface area contributed by atoms with E-state index in [-0.39, 0.29) is 31.7 Å². The summed E-state index contributed by atoms with van der Waals surface area (Å²) in [7, 11) is -8.59. The summed E-state index contributed by atoms with van der Waals surface area (Å²) in [6.45, 7) is 2.85. The lowest BCUT2D eigenvalue weighted by Crippen LogP contribution is -2.29. The maximum atomic E-state index is 15.0. The fourth-order valence-electron chi connectivity index (χ4n) is 4.08. The van der Waals surface area contributed by atoms with E-state index in [1.165, 1.54) is 6.07 Å². The summed E-state index contributed by atoms with van der Waals surface area (Å²) in [5.41, 5.74) is 1.60. The van der Waals surface area contributed by atoms with Crippen molar-refractivity contribution in [3.63, 3.8) is 0 Å². The van der Waals surface area contributed by atoms with E-state index in [1.54, 1.807) is 68.4 Å². The third-order valence-electron chi connectivity index (χ3n) is 5.85. The maximum Gasteiger partial charge on any atom is 0.269 e. The Kier molecular flexibility index (Phi) is 6.80. The first-order chi connectivity index (χ1) is 16.1. The molecule has 1 aliphatic rings. The minimum atomic E-state index is -4.62. The second-order valence-corrected chi connectivity index (χ2v) is 12.1. The van der Waals surface area contributed by atoms with Crippen molar-refractivity contribution in [3.05, 3.63) is 83.4 Å². The van der Waals surface area contributed by atoms with E-state index >= 15 is 0 Å². The van der Waals surface area contributed by atoms with Crippen LogP contribution < -0.4 is 4.74 Å². The van der Waals surface area contributed by atoms with E-state index in [9.17, 15) is 21.3 Å². The number of ether oxygens (including phenoxy) is 1. The summed E-state index contributed by atoms with van der Waals surface area (Å²) in [6, 6.07) is 18.1. The van der Waals surface area contributed by atoms with Gasteiger partial charge in [-0.05, 0) is 64.2 Å². The van der Waals surface area contributed by atoms with Crippen LogP contribution in [0.2, 0.25) is 0 Å². The molecule has 0 radical (unpaired) electrons. The van der Waals surface area contributed by atoms with Crippen LogP contribution in [0.3, 0.4) is 0 Å². The number of sulfonamides is 1. The van der Waals surface area contributed by atoms with Crippen molar-refractivity contribution in [2.75, 3.05) is 13.2 Å². The van der Waals surface area contributed by atoms with Gasteiger partial charge in [-0.3, -0.25) is 0 Å². The predicted octanol–water partition coefficient (Wildman–Crippen LogP) is 4.70. The van der Waals surface area contributed by atoms with Gasteiger partial charge < -0.3 is 4.74 Å². The third-order valence-corrected chi connectivity index (χ3v) is 9.40. The number of para-hydroxylation sites is 1. The smallest absolute Gasteiger partial charge is 0.269 e. The molecule has 4 rings (SSSR count). The number of hydrogen-bond acceptors (Lipinski definition) is 5. The fourth-order valence-corrected chi connectivity index (χ4v) is 7.34. The molecular weight excluding hydrogens is 477 g/mol. The lowest BCUT2D eigenvalue weighted by atomic mass is 9.97. The van der Waals surface area contributed by atoms with Crippen molar-refractivity contribution in [1.82, 2.24) is 4.53 Å². The molecule has 34 heavy (non-hydrogen) atoms. The van der Waals surface area contributed by atoms with E-state index in [2.05, 4.69) is 0 Å². The molecule has 180 valence electrons. The SMILES string of the molecule is CC(C)c1cc2c(cc1S(=O)(=O)N(F)CCOc1ccccc1)S(=O)(=O)c1ccccc1CC2. The average molecular weight is 504 g/mol. The predicted molar refractivity (Wildman–Crippen MR) is 127 cm³/mol. The number of sulfone groups is 1. The molecule has 3 aromatic carbocycles. The zero-order chi connectivity index (χ0) is 24.5.